The first-order valence-electron chi connectivity index (χ1n) is 18.5. The third-order valence-electron chi connectivity index (χ3n) is 9.01. The number of rotatable bonds is 19. The molecule has 11 heteroatoms. The van der Waals surface area contributed by atoms with Crippen LogP contribution in [0, 0.1) is 29.1 Å². The number of benzene rings is 6. The Kier molecular flexibility index (Phi) is 13.7. The lowest BCUT2D eigenvalue weighted by Crippen LogP contribution is -2.25. The van der Waals surface area contributed by atoms with E-state index in [2.05, 4.69) is 4.74 Å². The van der Waals surface area contributed by atoms with Crippen LogP contribution in [-0.2, 0) is 25.4 Å². The topological polar surface area (TPSA) is 36.9 Å². The normalized spacial score (nSPS) is 11.4. The Morgan fingerprint density at radius 3 is 1.26 bits per heavy atom. The fraction of sp³-hybridized carbons (Fsp3) is 0.217. The van der Waals surface area contributed by atoms with Crippen molar-refractivity contribution in [1.82, 2.24) is 0 Å². The van der Waals surface area contributed by atoms with Gasteiger partial charge in [-0.25, -0.2) is 22.0 Å². The molecule has 0 heterocycles. The number of aryl methyl sites for hydroxylation is 3. The summed E-state index contributed by atoms with van der Waals surface area (Å²) >= 11 is 0. The van der Waals surface area contributed by atoms with Crippen LogP contribution in [0.3, 0.4) is 0 Å². The van der Waals surface area contributed by atoms with Gasteiger partial charge in [-0.2, -0.15) is 8.78 Å². The number of ether oxygens (including phenoxy) is 4. The summed E-state index contributed by atoms with van der Waals surface area (Å²) < 4.78 is 126. The van der Waals surface area contributed by atoms with E-state index in [0.717, 1.165) is 23.1 Å². The second kappa shape index (κ2) is 19.3. The van der Waals surface area contributed by atoms with Crippen LogP contribution in [0.5, 0.6) is 23.0 Å². The average molecular weight is 789 g/mol. The predicted octanol–water partition coefficient (Wildman–Crippen LogP) is 12.2. The van der Waals surface area contributed by atoms with Gasteiger partial charge in [0.2, 0.25) is 0 Å². The lowest BCUT2D eigenvalue weighted by Gasteiger charge is -2.22. The molecule has 0 radical (unpaired) electrons. The molecule has 57 heavy (non-hydrogen) atoms. The lowest BCUT2D eigenvalue weighted by atomic mass is 9.99. The van der Waals surface area contributed by atoms with Crippen molar-refractivity contribution in [3.63, 3.8) is 0 Å². The van der Waals surface area contributed by atoms with Gasteiger partial charge in [-0.15, -0.1) is 0 Å². The molecule has 0 aliphatic heterocycles. The SMILES string of the molecule is Fc1cc(OC(F)(F)c2c(F)cc(-c3c(OCCCc4ccccc4)cc(OCCCc4ccccc4)cc3OCCCc3ccccc3)cc2F)cc(F)c1F. The van der Waals surface area contributed by atoms with E-state index >= 15 is 17.6 Å². The summed E-state index contributed by atoms with van der Waals surface area (Å²) in [6.45, 7) is 0.670. The molecule has 0 amide bonds. The molecule has 0 atom stereocenters. The minimum Gasteiger partial charge on any atom is -0.493 e. The van der Waals surface area contributed by atoms with Crippen LogP contribution in [0.2, 0.25) is 0 Å². The highest BCUT2D eigenvalue weighted by molar-refractivity contribution is 5.78. The highest BCUT2D eigenvalue weighted by Gasteiger charge is 2.42. The summed E-state index contributed by atoms with van der Waals surface area (Å²) in [5.74, 6) is -9.60. The van der Waals surface area contributed by atoms with Gasteiger partial charge in [-0.1, -0.05) is 91.0 Å². The standard InChI is InChI=1S/C46H39F7O4/c47-37-25-34(26-38(48)44(37)46(52,53)57-36-27-39(49)45(51)40(50)28-36)43-41(55-23-11-20-32-15-6-2-7-16-32)29-35(54-22-10-19-31-13-4-1-5-14-31)30-42(43)56-24-12-21-33-17-8-3-9-18-33/h1-9,13-18,25-30H,10-12,19-24H2. The molecule has 296 valence electrons. The van der Waals surface area contributed by atoms with E-state index < -0.39 is 46.5 Å². The van der Waals surface area contributed by atoms with Gasteiger partial charge >= 0.3 is 6.11 Å². The number of alkyl halides is 2. The maximum Gasteiger partial charge on any atom is 0.432 e. The Balaban J connectivity index is 1.32. The molecule has 0 unspecified atom stereocenters. The van der Waals surface area contributed by atoms with Gasteiger partial charge in [0.05, 0.1) is 25.4 Å². The molecule has 6 aromatic carbocycles. The summed E-state index contributed by atoms with van der Waals surface area (Å²) in [4.78, 5) is 0. The maximum atomic E-state index is 15.8. The molecule has 0 saturated carbocycles. The van der Waals surface area contributed by atoms with Crippen LogP contribution in [-0.4, -0.2) is 19.8 Å². The molecule has 0 aromatic heterocycles. The monoisotopic (exact) mass is 788 g/mol. The second-order valence-electron chi connectivity index (χ2n) is 13.2. The Morgan fingerprint density at radius 2 is 0.842 bits per heavy atom. The van der Waals surface area contributed by atoms with E-state index in [9.17, 15) is 13.2 Å². The Morgan fingerprint density at radius 1 is 0.439 bits per heavy atom. The van der Waals surface area contributed by atoms with Gasteiger partial charge in [-0.3, -0.25) is 0 Å². The highest BCUT2D eigenvalue weighted by atomic mass is 19.3. The quantitative estimate of drug-likeness (QED) is 0.0465. The van der Waals surface area contributed by atoms with Crippen molar-refractivity contribution >= 4 is 0 Å². The fourth-order valence-electron chi connectivity index (χ4n) is 6.26. The van der Waals surface area contributed by atoms with Crippen molar-refractivity contribution in [3.8, 4) is 34.1 Å². The molecular formula is C46H39F7O4. The van der Waals surface area contributed by atoms with Crippen molar-refractivity contribution in [2.45, 2.75) is 44.6 Å². The first kappa shape index (κ1) is 40.7. The average Bonchev–Trinajstić information content (AvgIpc) is 3.19. The smallest absolute Gasteiger partial charge is 0.432 e. The largest absolute Gasteiger partial charge is 0.493 e. The van der Waals surface area contributed by atoms with Gasteiger partial charge in [0.15, 0.2) is 17.5 Å². The van der Waals surface area contributed by atoms with E-state index in [1.807, 2.05) is 91.0 Å². The molecule has 0 bridgehead atoms. The van der Waals surface area contributed by atoms with Crippen molar-refractivity contribution in [2.75, 3.05) is 19.8 Å². The van der Waals surface area contributed by atoms with E-state index in [1.54, 1.807) is 12.1 Å². The summed E-state index contributed by atoms with van der Waals surface area (Å²) in [5, 5.41) is 0. The van der Waals surface area contributed by atoms with Crippen LogP contribution in [0.4, 0.5) is 30.7 Å². The third-order valence-corrected chi connectivity index (χ3v) is 9.01. The van der Waals surface area contributed by atoms with E-state index in [1.165, 1.54) is 0 Å². The van der Waals surface area contributed by atoms with E-state index in [-0.39, 0.29) is 48.0 Å². The maximum absolute atomic E-state index is 15.8. The van der Waals surface area contributed by atoms with E-state index in [0.29, 0.717) is 56.6 Å². The van der Waals surface area contributed by atoms with Crippen LogP contribution in [0.25, 0.3) is 11.1 Å². The molecule has 6 aromatic rings. The van der Waals surface area contributed by atoms with Crippen LogP contribution in [0.15, 0.2) is 127 Å². The molecule has 6 rings (SSSR count). The zero-order valence-electron chi connectivity index (χ0n) is 30.8. The third kappa shape index (κ3) is 11.1. The van der Waals surface area contributed by atoms with Gasteiger partial charge in [0.1, 0.15) is 40.2 Å². The minimum atomic E-state index is -4.77. The molecule has 0 aliphatic rings. The number of hydrogen-bond donors (Lipinski definition) is 0. The fourth-order valence-corrected chi connectivity index (χ4v) is 6.26. The minimum absolute atomic E-state index is 0.0855. The molecule has 0 fully saturated rings. The van der Waals surface area contributed by atoms with Gasteiger partial charge in [0, 0.05) is 24.3 Å². The second-order valence-corrected chi connectivity index (χ2v) is 13.2. The van der Waals surface area contributed by atoms with Crippen molar-refractivity contribution in [3.05, 3.63) is 179 Å². The number of halogens is 7. The summed E-state index contributed by atoms with van der Waals surface area (Å²) in [6, 6.07) is 34.1. The van der Waals surface area contributed by atoms with Gasteiger partial charge in [0.25, 0.3) is 0 Å². The van der Waals surface area contributed by atoms with Crippen LogP contribution < -0.4 is 18.9 Å². The zero-order chi connectivity index (χ0) is 40.2. The Labute approximate surface area is 326 Å². The molecule has 0 saturated heterocycles. The Hall–Kier alpha value is -5.97. The van der Waals surface area contributed by atoms with Crippen LogP contribution in [0.1, 0.15) is 41.5 Å². The molecule has 0 aliphatic carbocycles. The van der Waals surface area contributed by atoms with Crippen molar-refractivity contribution in [2.24, 2.45) is 0 Å². The summed E-state index contributed by atoms with van der Waals surface area (Å²) in [5.41, 5.74) is 1.35. The summed E-state index contributed by atoms with van der Waals surface area (Å²) in [6.07, 6.45) is -0.864. The number of hydrogen-bond acceptors (Lipinski definition) is 4. The first-order chi connectivity index (χ1) is 27.6. The molecule has 0 spiro atoms. The zero-order valence-corrected chi connectivity index (χ0v) is 30.8. The van der Waals surface area contributed by atoms with E-state index in [4.69, 9.17) is 14.2 Å². The molecular weight excluding hydrogens is 749 g/mol. The highest BCUT2D eigenvalue weighted by Crippen LogP contribution is 2.45. The Bertz CT molecular complexity index is 2100. The van der Waals surface area contributed by atoms with Crippen LogP contribution >= 0.6 is 0 Å². The predicted molar refractivity (Wildman–Crippen MR) is 203 cm³/mol. The molecule has 0 N–H and O–H groups in total. The first-order valence-corrected chi connectivity index (χ1v) is 18.5. The molecule has 4 nitrogen and oxygen atoms in total. The lowest BCUT2D eigenvalue weighted by molar-refractivity contribution is -0.189. The van der Waals surface area contributed by atoms with Crippen molar-refractivity contribution in [1.29, 1.82) is 0 Å². The summed E-state index contributed by atoms with van der Waals surface area (Å²) in [7, 11) is 0. The van der Waals surface area contributed by atoms with Gasteiger partial charge < -0.3 is 18.9 Å². The van der Waals surface area contributed by atoms with Crippen molar-refractivity contribution < 1.29 is 49.7 Å². The van der Waals surface area contributed by atoms with Gasteiger partial charge in [-0.05, 0) is 72.9 Å².